The molecule has 0 radical (unpaired) electrons. The quantitative estimate of drug-likeness (QED) is 0.0992. The largest absolute Gasteiger partial charge is 0.432 e. The Kier molecular flexibility index (Phi) is 10.5. The van der Waals surface area contributed by atoms with Gasteiger partial charge in [-0.2, -0.15) is 17.6 Å². The minimum Gasteiger partial charge on any atom is -0.429 e. The van der Waals surface area contributed by atoms with E-state index in [9.17, 15) is 35.1 Å². The lowest BCUT2D eigenvalue weighted by Crippen LogP contribution is -2.25. The van der Waals surface area contributed by atoms with Gasteiger partial charge >= 0.3 is 6.11 Å². The summed E-state index contributed by atoms with van der Waals surface area (Å²) in [6.07, 6.45) is -3.24. The molecule has 0 heterocycles. The molecule has 5 aromatic carbocycles. The maximum atomic E-state index is 15.3. The molecule has 49 heavy (non-hydrogen) atoms. The SMILES string of the molecule is CCCCCc1ccc(-c2ccc(-c3ccc(-c4cc(F)c(C(F)(F)Oc5cc(F)c(C=C(F)F)c(F)c5)c(F)c4)c(F)c3)c(F)c2)cc1. The van der Waals surface area contributed by atoms with Crippen molar-refractivity contribution in [1.29, 1.82) is 0 Å². The van der Waals surface area contributed by atoms with Gasteiger partial charge in [0.2, 0.25) is 0 Å². The van der Waals surface area contributed by atoms with E-state index >= 15 is 8.78 Å². The summed E-state index contributed by atoms with van der Waals surface area (Å²) in [5.41, 5.74) is -1.40. The first-order valence-corrected chi connectivity index (χ1v) is 15.0. The van der Waals surface area contributed by atoms with Crippen molar-refractivity contribution in [2.45, 2.75) is 38.7 Å². The van der Waals surface area contributed by atoms with Crippen LogP contribution in [0.25, 0.3) is 39.5 Å². The zero-order chi connectivity index (χ0) is 35.5. The second-order valence-electron chi connectivity index (χ2n) is 11.2. The van der Waals surface area contributed by atoms with Gasteiger partial charge in [-0.3, -0.25) is 0 Å². The minimum atomic E-state index is -4.85. The highest BCUT2D eigenvalue weighted by molar-refractivity contribution is 5.74. The molecule has 1 nitrogen and oxygen atoms in total. The number of hydrogen-bond acceptors (Lipinski definition) is 1. The molecule has 5 aromatic rings. The molecule has 0 aliphatic carbocycles. The summed E-state index contributed by atoms with van der Waals surface area (Å²) in [4.78, 5) is 0. The average Bonchev–Trinajstić information content (AvgIpc) is 3.02. The van der Waals surface area contributed by atoms with E-state index in [4.69, 9.17) is 0 Å². The molecule has 0 N–H and O–H groups in total. The number of unbranched alkanes of at least 4 members (excludes halogenated alkanes) is 2. The van der Waals surface area contributed by atoms with Crippen LogP contribution in [0.15, 0.2) is 91.0 Å². The monoisotopic (exact) mass is 688 g/mol. The number of hydrogen-bond donors (Lipinski definition) is 0. The standard InChI is InChI=1S/C38H26F10O/c1-2-3-4-5-21-6-8-22(9-7-21)23-10-12-27(30(39)14-23)24-11-13-28(31(40)15-24)25-16-34(43)37(35(44)17-25)38(47,48)49-26-18-32(41)29(20-36(45)46)33(42)19-26/h6-20H,2-5H2,1H3. The van der Waals surface area contributed by atoms with E-state index in [0.717, 1.165) is 43.4 Å². The van der Waals surface area contributed by atoms with Crippen molar-refractivity contribution in [2.24, 2.45) is 0 Å². The van der Waals surface area contributed by atoms with Gasteiger partial charge in [0.15, 0.2) is 0 Å². The normalized spacial score (nSPS) is 11.5. The Hall–Kier alpha value is -5.06. The van der Waals surface area contributed by atoms with E-state index in [2.05, 4.69) is 11.7 Å². The van der Waals surface area contributed by atoms with Crippen LogP contribution in [0, 0.1) is 34.9 Å². The first-order valence-electron chi connectivity index (χ1n) is 15.0. The van der Waals surface area contributed by atoms with E-state index in [1.165, 1.54) is 23.8 Å². The molecule has 0 atom stereocenters. The van der Waals surface area contributed by atoms with Crippen LogP contribution in [-0.4, -0.2) is 0 Å². The second kappa shape index (κ2) is 14.6. The van der Waals surface area contributed by atoms with E-state index in [0.29, 0.717) is 17.7 Å². The van der Waals surface area contributed by atoms with E-state index in [-0.39, 0.29) is 29.3 Å². The Labute approximate surface area is 275 Å². The molecule has 0 bridgehead atoms. The van der Waals surface area contributed by atoms with Crippen molar-refractivity contribution in [3.8, 4) is 39.1 Å². The summed E-state index contributed by atoms with van der Waals surface area (Å²) in [5, 5.41) is 0. The van der Waals surface area contributed by atoms with Crippen molar-refractivity contribution in [3.63, 3.8) is 0 Å². The van der Waals surface area contributed by atoms with Gasteiger partial charge in [-0.25, -0.2) is 26.3 Å². The van der Waals surface area contributed by atoms with Crippen LogP contribution in [0.1, 0.15) is 42.9 Å². The van der Waals surface area contributed by atoms with Gasteiger partial charge < -0.3 is 4.74 Å². The Morgan fingerprint density at radius 2 is 1.10 bits per heavy atom. The summed E-state index contributed by atoms with van der Waals surface area (Å²) in [6, 6.07) is 16.6. The fourth-order valence-electron chi connectivity index (χ4n) is 5.36. The third-order valence-electron chi connectivity index (χ3n) is 7.80. The second-order valence-corrected chi connectivity index (χ2v) is 11.2. The maximum absolute atomic E-state index is 15.3. The third kappa shape index (κ3) is 7.98. The van der Waals surface area contributed by atoms with Crippen LogP contribution in [0.2, 0.25) is 0 Å². The molecule has 0 saturated carbocycles. The number of rotatable bonds is 11. The summed E-state index contributed by atoms with van der Waals surface area (Å²) in [5.74, 6) is -10.1. The van der Waals surface area contributed by atoms with Gasteiger partial charge in [-0.15, -0.1) is 0 Å². The van der Waals surface area contributed by atoms with Crippen LogP contribution in [-0.2, 0) is 12.5 Å². The highest BCUT2D eigenvalue weighted by Crippen LogP contribution is 2.39. The summed E-state index contributed by atoms with van der Waals surface area (Å²) in [7, 11) is 0. The number of aryl methyl sites for hydroxylation is 1. The summed E-state index contributed by atoms with van der Waals surface area (Å²) < 4.78 is 147. The molecule has 0 saturated heterocycles. The highest BCUT2D eigenvalue weighted by atomic mass is 19.3. The van der Waals surface area contributed by atoms with E-state index in [1.54, 1.807) is 6.07 Å². The Morgan fingerprint density at radius 1 is 0.592 bits per heavy atom. The third-order valence-corrected chi connectivity index (χ3v) is 7.80. The molecule has 11 heteroatoms. The molecule has 0 aromatic heterocycles. The van der Waals surface area contributed by atoms with Crippen molar-refractivity contribution in [2.75, 3.05) is 0 Å². The van der Waals surface area contributed by atoms with Crippen molar-refractivity contribution >= 4 is 6.08 Å². The molecule has 254 valence electrons. The molecule has 0 unspecified atom stereocenters. The van der Waals surface area contributed by atoms with Crippen LogP contribution >= 0.6 is 0 Å². The fraction of sp³-hybridized carbons (Fsp3) is 0.158. The molecule has 5 rings (SSSR count). The van der Waals surface area contributed by atoms with Gasteiger partial charge in [0, 0.05) is 29.3 Å². The first kappa shape index (κ1) is 35.3. The Balaban J connectivity index is 1.37. The van der Waals surface area contributed by atoms with Crippen LogP contribution < -0.4 is 4.74 Å². The van der Waals surface area contributed by atoms with E-state index in [1.807, 2.05) is 24.3 Å². The number of ether oxygens (including phenoxy) is 1. The fourth-order valence-corrected chi connectivity index (χ4v) is 5.36. The molecule has 0 fully saturated rings. The predicted molar refractivity (Wildman–Crippen MR) is 167 cm³/mol. The molecular formula is C38H26F10O. The molecule has 0 amide bonds. The Morgan fingerprint density at radius 3 is 1.65 bits per heavy atom. The van der Waals surface area contributed by atoms with Gasteiger partial charge in [-0.1, -0.05) is 68.3 Å². The number of halogens is 10. The lowest BCUT2D eigenvalue weighted by molar-refractivity contribution is -0.189. The molecular weight excluding hydrogens is 662 g/mol. The lowest BCUT2D eigenvalue weighted by atomic mass is 9.96. The lowest BCUT2D eigenvalue weighted by Gasteiger charge is -2.20. The van der Waals surface area contributed by atoms with Gasteiger partial charge in [-0.05, 0) is 64.9 Å². The number of benzene rings is 5. The van der Waals surface area contributed by atoms with Crippen LogP contribution in [0.3, 0.4) is 0 Å². The molecule has 0 aliphatic rings. The maximum Gasteiger partial charge on any atom is 0.432 e. The smallest absolute Gasteiger partial charge is 0.429 e. The number of alkyl halides is 2. The topological polar surface area (TPSA) is 9.23 Å². The zero-order valence-corrected chi connectivity index (χ0v) is 25.7. The van der Waals surface area contributed by atoms with Crippen molar-refractivity contribution in [3.05, 3.63) is 143 Å². The zero-order valence-electron chi connectivity index (χ0n) is 25.7. The van der Waals surface area contributed by atoms with Crippen molar-refractivity contribution < 1.29 is 48.6 Å². The van der Waals surface area contributed by atoms with Crippen molar-refractivity contribution in [1.82, 2.24) is 0 Å². The summed E-state index contributed by atoms with van der Waals surface area (Å²) in [6.45, 7) is 2.13. The highest BCUT2D eigenvalue weighted by Gasteiger charge is 2.41. The predicted octanol–water partition coefficient (Wildman–Crippen LogP) is 12.6. The van der Waals surface area contributed by atoms with Gasteiger partial charge in [0.05, 0.1) is 5.56 Å². The first-order chi connectivity index (χ1) is 23.3. The summed E-state index contributed by atoms with van der Waals surface area (Å²) >= 11 is 0. The van der Waals surface area contributed by atoms with Gasteiger partial charge in [0.25, 0.3) is 6.08 Å². The van der Waals surface area contributed by atoms with Crippen LogP contribution in [0.5, 0.6) is 5.75 Å². The molecule has 0 spiro atoms. The molecule has 0 aliphatic heterocycles. The van der Waals surface area contributed by atoms with Gasteiger partial charge in [0.1, 0.15) is 46.2 Å². The van der Waals surface area contributed by atoms with E-state index < -0.39 is 75.1 Å². The minimum absolute atomic E-state index is 0.0432. The van der Waals surface area contributed by atoms with Crippen LogP contribution in [0.4, 0.5) is 43.9 Å². The Bertz CT molecular complexity index is 1970. The average molecular weight is 689 g/mol.